The Bertz CT molecular complexity index is 1020. The van der Waals surface area contributed by atoms with Gasteiger partial charge in [-0.1, -0.05) is 0 Å². The molecule has 0 spiro atoms. The maximum Gasteiger partial charge on any atom is 0.253 e. The molecule has 1 amide bonds. The van der Waals surface area contributed by atoms with Crippen LogP contribution in [0.25, 0.3) is 11.5 Å². The van der Waals surface area contributed by atoms with Crippen LogP contribution in [0.15, 0.2) is 52.9 Å². The number of hydrogen-bond donors (Lipinski definition) is 0. The van der Waals surface area contributed by atoms with E-state index in [-0.39, 0.29) is 5.91 Å². The SMILES string of the molecule is COc1ccc(C(=O)N2CCN(Cc3nc(-c4ccc(OC)cc4)oc3C)CC2)cc1. The number of rotatable bonds is 6. The minimum absolute atomic E-state index is 0.0571. The van der Waals surface area contributed by atoms with E-state index in [9.17, 15) is 4.79 Å². The average Bonchev–Trinajstić information content (AvgIpc) is 3.19. The molecule has 0 unspecified atom stereocenters. The van der Waals surface area contributed by atoms with Crippen LogP contribution in [0.4, 0.5) is 0 Å². The summed E-state index contributed by atoms with van der Waals surface area (Å²) in [6.45, 7) is 5.62. The molecule has 0 saturated carbocycles. The summed E-state index contributed by atoms with van der Waals surface area (Å²) >= 11 is 0. The van der Waals surface area contributed by atoms with E-state index in [4.69, 9.17) is 18.9 Å². The summed E-state index contributed by atoms with van der Waals surface area (Å²) in [5.74, 6) is 3.04. The summed E-state index contributed by atoms with van der Waals surface area (Å²) in [7, 11) is 3.26. The van der Waals surface area contributed by atoms with Crippen molar-refractivity contribution in [1.82, 2.24) is 14.8 Å². The topological polar surface area (TPSA) is 68.0 Å². The zero-order valence-corrected chi connectivity index (χ0v) is 18.1. The largest absolute Gasteiger partial charge is 0.497 e. The Kier molecular flexibility index (Phi) is 6.23. The van der Waals surface area contributed by atoms with Gasteiger partial charge in [0.05, 0.1) is 19.9 Å². The van der Waals surface area contributed by atoms with Gasteiger partial charge in [-0.05, 0) is 55.5 Å². The molecule has 0 aliphatic carbocycles. The highest BCUT2D eigenvalue weighted by Gasteiger charge is 2.23. The van der Waals surface area contributed by atoms with Crippen molar-refractivity contribution in [1.29, 1.82) is 0 Å². The number of carbonyl (C=O) groups is 1. The smallest absolute Gasteiger partial charge is 0.253 e. The number of aromatic nitrogens is 1. The molecule has 1 fully saturated rings. The van der Waals surface area contributed by atoms with Crippen molar-refractivity contribution in [2.24, 2.45) is 0 Å². The third kappa shape index (κ3) is 4.72. The first kappa shape index (κ1) is 20.9. The van der Waals surface area contributed by atoms with Gasteiger partial charge in [-0.15, -0.1) is 0 Å². The van der Waals surface area contributed by atoms with Crippen LogP contribution in [0.2, 0.25) is 0 Å². The lowest BCUT2D eigenvalue weighted by Gasteiger charge is -2.34. The quantitative estimate of drug-likeness (QED) is 0.606. The van der Waals surface area contributed by atoms with Crippen LogP contribution < -0.4 is 9.47 Å². The van der Waals surface area contributed by atoms with Crippen LogP contribution in [0.3, 0.4) is 0 Å². The maximum atomic E-state index is 12.8. The molecule has 31 heavy (non-hydrogen) atoms. The van der Waals surface area contributed by atoms with E-state index in [0.29, 0.717) is 31.1 Å². The van der Waals surface area contributed by atoms with Crippen LogP contribution in [0.1, 0.15) is 21.8 Å². The fourth-order valence-electron chi connectivity index (χ4n) is 3.67. The van der Waals surface area contributed by atoms with E-state index < -0.39 is 0 Å². The van der Waals surface area contributed by atoms with Gasteiger partial charge in [-0.3, -0.25) is 9.69 Å². The van der Waals surface area contributed by atoms with Gasteiger partial charge in [0.2, 0.25) is 5.89 Å². The number of hydrogen-bond acceptors (Lipinski definition) is 6. The Balaban J connectivity index is 1.35. The van der Waals surface area contributed by atoms with Crippen molar-refractivity contribution in [3.05, 3.63) is 65.5 Å². The van der Waals surface area contributed by atoms with Gasteiger partial charge in [0, 0.05) is 43.9 Å². The second-order valence-corrected chi connectivity index (χ2v) is 7.55. The summed E-state index contributed by atoms with van der Waals surface area (Å²) in [5, 5.41) is 0. The predicted molar refractivity (Wildman–Crippen MR) is 117 cm³/mol. The van der Waals surface area contributed by atoms with Gasteiger partial charge >= 0.3 is 0 Å². The number of aryl methyl sites for hydroxylation is 1. The lowest BCUT2D eigenvalue weighted by Crippen LogP contribution is -2.48. The number of amides is 1. The Labute approximate surface area is 182 Å². The van der Waals surface area contributed by atoms with Crippen molar-refractivity contribution >= 4 is 5.91 Å². The van der Waals surface area contributed by atoms with E-state index >= 15 is 0 Å². The minimum Gasteiger partial charge on any atom is -0.497 e. The summed E-state index contributed by atoms with van der Waals surface area (Å²) < 4.78 is 16.3. The van der Waals surface area contributed by atoms with Gasteiger partial charge in [0.15, 0.2) is 0 Å². The normalized spacial score (nSPS) is 14.5. The van der Waals surface area contributed by atoms with Gasteiger partial charge < -0.3 is 18.8 Å². The highest BCUT2D eigenvalue weighted by molar-refractivity contribution is 5.94. The molecular formula is C24H27N3O4. The minimum atomic E-state index is 0.0571. The van der Waals surface area contributed by atoms with E-state index in [1.165, 1.54) is 0 Å². The molecule has 1 aliphatic heterocycles. The third-order valence-electron chi connectivity index (χ3n) is 5.60. The number of carbonyl (C=O) groups excluding carboxylic acids is 1. The van der Waals surface area contributed by atoms with Crippen molar-refractivity contribution in [2.45, 2.75) is 13.5 Å². The number of methoxy groups -OCH3 is 2. The lowest BCUT2D eigenvalue weighted by atomic mass is 10.1. The number of oxazole rings is 1. The van der Waals surface area contributed by atoms with Crippen molar-refractivity contribution in [3.63, 3.8) is 0 Å². The molecule has 3 aromatic rings. The molecule has 0 atom stereocenters. The van der Waals surface area contributed by atoms with Crippen molar-refractivity contribution < 1.29 is 18.7 Å². The monoisotopic (exact) mass is 421 g/mol. The fraction of sp³-hybridized carbons (Fsp3) is 0.333. The summed E-state index contributed by atoms with van der Waals surface area (Å²) in [5.41, 5.74) is 2.54. The molecule has 4 rings (SSSR count). The Morgan fingerprint density at radius 3 is 2.10 bits per heavy atom. The van der Waals surface area contributed by atoms with Gasteiger partial charge in [0.1, 0.15) is 17.3 Å². The highest BCUT2D eigenvalue weighted by Crippen LogP contribution is 2.25. The summed E-state index contributed by atoms with van der Waals surface area (Å²) in [4.78, 5) is 21.7. The average molecular weight is 421 g/mol. The Morgan fingerprint density at radius 1 is 0.935 bits per heavy atom. The van der Waals surface area contributed by atoms with E-state index in [2.05, 4.69) is 4.90 Å². The molecule has 1 aromatic heterocycles. The van der Waals surface area contributed by atoms with E-state index in [0.717, 1.165) is 41.6 Å². The molecule has 7 nitrogen and oxygen atoms in total. The summed E-state index contributed by atoms with van der Waals surface area (Å²) in [6, 6.07) is 14.9. The van der Waals surface area contributed by atoms with Crippen LogP contribution >= 0.6 is 0 Å². The second-order valence-electron chi connectivity index (χ2n) is 7.55. The fourth-order valence-corrected chi connectivity index (χ4v) is 3.67. The third-order valence-corrected chi connectivity index (χ3v) is 5.60. The van der Waals surface area contributed by atoms with Gasteiger partial charge in [0.25, 0.3) is 5.91 Å². The maximum absolute atomic E-state index is 12.8. The lowest BCUT2D eigenvalue weighted by molar-refractivity contribution is 0.0626. The first-order chi connectivity index (χ1) is 15.1. The van der Waals surface area contributed by atoms with Crippen LogP contribution in [-0.2, 0) is 6.54 Å². The van der Waals surface area contributed by atoms with Crippen LogP contribution in [0.5, 0.6) is 11.5 Å². The first-order valence-corrected chi connectivity index (χ1v) is 10.3. The van der Waals surface area contributed by atoms with Gasteiger partial charge in [-0.2, -0.15) is 0 Å². The molecule has 2 aromatic carbocycles. The highest BCUT2D eigenvalue weighted by atomic mass is 16.5. The molecule has 1 saturated heterocycles. The van der Waals surface area contributed by atoms with Gasteiger partial charge in [-0.25, -0.2) is 4.98 Å². The van der Waals surface area contributed by atoms with Crippen molar-refractivity contribution in [3.8, 4) is 23.0 Å². The first-order valence-electron chi connectivity index (χ1n) is 10.3. The van der Waals surface area contributed by atoms with E-state index in [1.54, 1.807) is 14.2 Å². The standard InChI is InChI=1S/C24H27N3O4/c1-17-22(25-23(31-17)18-4-8-20(29-2)9-5-18)16-26-12-14-27(15-13-26)24(28)19-6-10-21(30-3)11-7-19/h4-11H,12-16H2,1-3H3. The number of piperazine rings is 1. The molecule has 7 heteroatoms. The van der Waals surface area contributed by atoms with Crippen LogP contribution in [-0.4, -0.2) is 61.1 Å². The van der Waals surface area contributed by atoms with E-state index in [1.807, 2.05) is 60.4 Å². The second kappa shape index (κ2) is 9.22. The predicted octanol–water partition coefficient (Wildman–Crippen LogP) is 3.63. The molecule has 2 heterocycles. The van der Waals surface area contributed by atoms with Crippen molar-refractivity contribution in [2.75, 3.05) is 40.4 Å². The Hall–Kier alpha value is -3.32. The summed E-state index contributed by atoms with van der Waals surface area (Å²) in [6.07, 6.45) is 0. The molecule has 162 valence electrons. The Morgan fingerprint density at radius 2 is 1.52 bits per heavy atom. The molecule has 1 aliphatic rings. The number of ether oxygens (including phenoxy) is 2. The molecule has 0 N–H and O–H groups in total. The number of benzene rings is 2. The zero-order chi connectivity index (χ0) is 21.8. The molecular weight excluding hydrogens is 394 g/mol. The number of nitrogens with zero attached hydrogens (tertiary/aromatic N) is 3. The molecule has 0 bridgehead atoms. The van der Waals surface area contributed by atoms with Crippen LogP contribution in [0, 0.1) is 6.92 Å². The zero-order valence-electron chi connectivity index (χ0n) is 18.1. The molecule has 0 radical (unpaired) electrons.